The maximum absolute atomic E-state index is 12.5. The predicted molar refractivity (Wildman–Crippen MR) is 115 cm³/mol. The molecule has 0 aromatic heterocycles. The maximum atomic E-state index is 12.5. The molecule has 0 aliphatic rings. The lowest BCUT2D eigenvalue weighted by Crippen LogP contribution is -2.26. The summed E-state index contributed by atoms with van der Waals surface area (Å²) in [6, 6.07) is 13.0. The molecule has 2 rings (SSSR count). The lowest BCUT2D eigenvalue weighted by Gasteiger charge is -2.22. The number of rotatable bonds is 7. The summed E-state index contributed by atoms with van der Waals surface area (Å²) >= 11 is 6.09. The smallest absolute Gasteiger partial charge is 0.266 e. The third kappa shape index (κ3) is 5.13. The first-order valence-electron chi connectivity index (χ1n) is 9.06. The van der Waals surface area contributed by atoms with Gasteiger partial charge < -0.3 is 15.3 Å². The van der Waals surface area contributed by atoms with E-state index in [9.17, 15) is 15.2 Å². The summed E-state index contributed by atoms with van der Waals surface area (Å²) in [7, 11) is 0. The van der Waals surface area contributed by atoms with Crippen LogP contribution in [-0.2, 0) is 4.79 Å². The molecule has 0 unspecified atom stereocenters. The third-order valence-corrected chi connectivity index (χ3v) is 4.96. The normalized spacial score (nSPS) is 11.1. The molecular formula is C22H24ClN3O2. The molecule has 146 valence electrons. The second kappa shape index (κ2) is 9.93. The summed E-state index contributed by atoms with van der Waals surface area (Å²) in [6.07, 6.45) is 1.58. The highest BCUT2D eigenvalue weighted by molar-refractivity contribution is 6.31. The molecule has 0 fully saturated rings. The Morgan fingerprint density at radius 1 is 1.32 bits per heavy atom. The fraction of sp³-hybridized carbons (Fsp3) is 0.273. The van der Waals surface area contributed by atoms with Gasteiger partial charge in [0.25, 0.3) is 5.91 Å². The van der Waals surface area contributed by atoms with Crippen molar-refractivity contribution in [3.63, 3.8) is 0 Å². The Morgan fingerprint density at radius 3 is 2.68 bits per heavy atom. The minimum atomic E-state index is -0.480. The van der Waals surface area contributed by atoms with Crippen LogP contribution in [0.4, 0.5) is 11.4 Å². The molecule has 0 aliphatic carbocycles. The minimum Gasteiger partial charge on any atom is -0.395 e. The number of carbonyl (C=O) groups is 1. The molecule has 0 saturated carbocycles. The second-order valence-corrected chi connectivity index (χ2v) is 6.79. The number of nitrogens with zero attached hydrogens (tertiary/aromatic N) is 2. The number of hydrogen-bond donors (Lipinski definition) is 2. The average Bonchev–Trinajstić information content (AvgIpc) is 2.68. The lowest BCUT2D eigenvalue weighted by molar-refractivity contribution is -0.112. The zero-order valence-electron chi connectivity index (χ0n) is 16.3. The van der Waals surface area contributed by atoms with Crippen molar-refractivity contribution in [2.75, 3.05) is 29.9 Å². The molecule has 0 heterocycles. The number of aliphatic hydroxyl groups excluding tert-OH is 1. The van der Waals surface area contributed by atoms with Crippen LogP contribution < -0.4 is 10.2 Å². The van der Waals surface area contributed by atoms with Crippen LogP contribution in [0.25, 0.3) is 6.08 Å². The number of amides is 1. The number of anilines is 2. The van der Waals surface area contributed by atoms with Crippen molar-refractivity contribution >= 4 is 35.0 Å². The number of hydrogen-bond acceptors (Lipinski definition) is 4. The summed E-state index contributed by atoms with van der Waals surface area (Å²) in [5, 5.41) is 21.9. The van der Waals surface area contributed by atoms with E-state index in [1.165, 1.54) is 0 Å². The molecule has 1 amide bonds. The number of aryl methyl sites for hydroxylation is 1. The Morgan fingerprint density at radius 2 is 2.07 bits per heavy atom. The second-order valence-electron chi connectivity index (χ2n) is 6.38. The lowest BCUT2D eigenvalue weighted by atomic mass is 10.0. The van der Waals surface area contributed by atoms with Crippen molar-refractivity contribution in [3.8, 4) is 6.07 Å². The van der Waals surface area contributed by atoms with Crippen molar-refractivity contribution in [3.05, 3.63) is 63.7 Å². The van der Waals surface area contributed by atoms with E-state index in [1.54, 1.807) is 24.3 Å². The number of halogens is 1. The Labute approximate surface area is 170 Å². The van der Waals surface area contributed by atoms with E-state index in [0.717, 1.165) is 28.9 Å². The first kappa shape index (κ1) is 21.5. The molecular weight excluding hydrogens is 374 g/mol. The Kier molecular flexibility index (Phi) is 7.62. The summed E-state index contributed by atoms with van der Waals surface area (Å²) in [5.74, 6) is -0.480. The third-order valence-electron chi connectivity index (χ3n) is 4.55. The van der Waals surface area contributed by atoms with E-state index in [1.807, 2.05) is 45.0 Å². The first-order chi connectivity index (χ1) is 13.4. The molecule has 2 aromatic rings. The van der Waals surface area contributed by atoms with Gasteiger partial charge in [0, 0.05) is 29.5 Å². The Balaban J connectivity index is 2.27. The van der Waals surface area contributed by atoms with Crippen LogP contribution in [0, 0.1) is 25.2 Å². The van der Waals surface area contributed by atoms with Gasteiger partial charge in [-0.2, -0.15) is 5.26 Å². The summed E-state index contributed by atoms with van der Waals surface area (Å²) in [5.41, 5.74) is 4.06. The SMILES string of the molecule is CCN(CCO)c1ccc(/C=C(\C#N)C(=O)Nc2cccc(Cl)c2C)c(C)c1. The van der Waals surface area contributed by atoms with E-state index in [2.05, 4.69) is 10.2 Å². The van der Waals surface area contributed by atoms with Crippen molar-refractivity contribution in [1.29, 1.82) is 5.26 Å². The van der Waals surface area contributed by atoms with Gasteiger partial charge in [0.1, 0.15) is 11.6 Å². The highest BCUT2D eigenvalue weighted by atomic mass is 35.5. The van der Waals surface area contributed by atoms with Gasteiger partial charge in [0.05, 0.1) is 6.61 Å². The molecule has 0 radical (unpaired) electrons. The van der Waals surface area contributed by atoms with Crippen molar-refractivity contribution in [2.24, 2.45) is 0 Å². The number of carbonyl (C=O) groups excluding carboxylic acids is 1. The molecule has 0 bridgehead atoms. The van der Waals surface area contributed by atoms with Crippen molar-refractivity contribution < 1.29 is 9.90 Å². The molecule has 2 aromatic carbocycles. The first-order valence-corrected chi connectivity index (χ1v) is 9.43. The highest BCUT2D eigenvalue weighted by Gasteiger charge is 2.13. The average molecular weight is 398 g/mol. The van der Waals surface area contributed by atoms with Gasteiger partial charge in [-0.15, -0.1) is 0 Å². The monoisotopic (exact) mass is 397 g/mol. The van der Waals surface area contributed by atoms with E-state index in [4.69, 9.17) is 11.6 Å². The fourth-order valence-corrected chi connectivity index (χ4v) is 3.02. The topological polar surface area (TPSA) is 76.4 Å². The molecule has 0 saturated heterocycles. The zero-order chi connectivity index (χ0) is 20.7. The fourth-order valence-electron chi connectivity index (χ4n) is 2.85. The molecule has 6 heteroatoms. The Hall–Kier alpha value is -2.81. The van der Waals surface area contributed by atoms with Gasteiger partial charge in [-0.05, 0) is 67.8 Å². The van der Waals surface area contributed by atoms with Gasteiger partial charge in [0.2, 0.25) is 0 Å². The molecule has 2 N–H and O–H groups in total. The van der Waals surface area contributed by atoms with Crippen molar-refractivity contribution in [1.82, 2.24) is 0 Å². The maximum Gasteiger partial charge on any atom is 0.266 e. The van der Waals surface area contributed by atoms with Crippen LogP contribution in [0.15, 0.2) is 42.0 Å². The van der Waals surface area contributed by atoms with Gasteiger partial charge in [-0.25, -0.2) is 0 Å². The van der Waals surface area contributed by atoms with E-state index < -0.39 is 5.91 Å². The standard InChI is InChI=1S/C22H24ClN3O2/c1-4-26(10-11-27)19-9-8-17(15(2)12-19)13-18(14-24)22(28)25-21-7-5-6-20(23)16(21)3/h5-9,12-13,27H,4,10-11H2,1-3H3,(H,25,28)/b18-13+. The Bertz CT molecular complexity index is 932. The van der Waals surface area contributed by atoms with Crippen LogP contribution in [0.1, 0.15) is 23.6 Å². The van der Waals surface area contributed by atoms with Gasteiger partial charge >= 0.3 is 0 Å². The minimum absolute atomic E-state index is 0.0120. The highest BCUT2D eigenvalue weighted by Crippen LogP contribution is 2.24. The van der Waals surface area contributed by atoms with Crippen LogP contribution >= 0.6 is 11.6 Å². The zero-order valence-corrected chi connectivity index (χ0v) is 17.0. The molecule has 0 aliphatic heterocycles. The van der Waals surface area contributed by atoms with Crippen LogP contribution in [-0.4, -0.2) is 30.7 Å². The summed E-state index contributed by atoms with van der Waals surface area (Å²) in [4.78, 5) is 14.6. The van der Waals surface area contributed by atoms with Crippen LogP contribution in [0.3, 0.4) is 0 Å². The van der Waals surface area contributed by atoms with Crippen LogP contribution in [0.2, 0.25) is 5.02 Å². The van der Waals surface area contributed by atoms with Gasteiger partial charge in [0.15, 0.2) is 0 Å². The number of likely N-dealkylation sites (N-methyl/N-ethyl adjacent to an activating group) is 1. The van der Waals surface area contributed by atoms with Crippen molar-refractivity contribution in [2.45, 2.75) is 20.8 Å². The summed E-state index contributed by atoms with van der Waals surface area (Å²) in [6.45, 7) is 7.17. The molecule has 5 nitrogen and oxygen atoms in total. The van der Waals surface area contributed by atoms with Gasteiger partial charge in [-0.1, -0.05) is 23.7 Å². The number of nitrogens with one attached hydrogen (secondary N) is 1. The summed E-state index contributed by atoms with van der Waals surface area (Å²) < 4.78 is 0. The quantitative estimate of drug-likeness (QED) is 0.538. The molecule has 0 spiro atoms. The number of aliphatic hydroxyl groups is 1. The predicted octanol–water partition coefficient (Wildman–Crippen LogP) is 4.32. The van der Waals surface area contributed by atoms with E-state index >= 15 is 0 Å². The van der Waals surface area contributed by atoms with Gasteiger partial charge in [-0.3, -0.25) is 4.79 Å². The van der Waals surface area contributed by atoms with Crippen LogP contribution in [0.5, 0.6) is 0 Å². The number of nitriles is 1. The largest absolute Gasteiger partial charge is 0.395 e. The van der Waals surface area contributed by atoms with E-state index in [0.29, 0.717) is 17.3 Å². The van der Waals surface area contributed by atoms with E-state index in [-0.39, 0.29) is 12.2 Å². The number of benzene rings is 2. The molecule has 0 atom stereocenters. The molecule has 28 heavy (non-hydrogen) atoms.